The predicted octanol–water partition coefficient (Wildman–Crippen LogP) is 2.47. The normalized spacial score (nSPS) is 20.3. The van der Waals surface area contributed by atoms with E-state index in [4.69, 9.17) is 9.47 Å². The summed E-state index contributed by atoms with van der Waals surface area (Å²) in [6, 6.07) is 1.93. The summed E-state index contributed by atoms with van der Waals surface area (Å²) in [7, 11) is 1.54. The lowest BCUT2D eigenvalue weighted by atomic mass is 10.0. The molecule has 0 aromatic carbocycles. The fraction of sp³-hybridized carbons (Fsp3) is 0.529. The summed E-state index contributed by atoms with van der Waals surface area (Å²) in [5, 5.41) is 2.80. The smallest absolute Gasteiger partial charge is 0.230 e. The molecular weight excluding hydrogens is 373 g/mol. The number of piperidine rings is 1. The van der Waals surface area contributed by atoms with Gasteiger partial charge in [0.25, 0.3) is 0 Å². The van der Waals surface area contributed by atoms with E-state index in [1.165, 1.54) is 20.4 Å². The van der Waals surface area contributed by atoms with Crippen LogP contribution in [-0.2, 0) is 11.3 Å². The molecule has 0 bridgehead atoms. The van der Waals surface area contributed by atoms with Gasteiger partial charge in [-0.1, -0.05) is 11.3 Å². The molecule has 146 valence electrons. The Morgan fingerprint density at radius 1 is 1.41 bits per heavy atom. The number of carbonyl (C=O) groups is 1. The van der Waals surface area contributed by atoms with Gasteiger partial charge in [-0.2, -0.15) is 9.37 Å². The van der Waals surface area contributed by atoms with Crippen molar-refractivity contribution in [1.82, 2.24) is 19.9 Å². The van der Waals surface area contributed by atoms with Crippen molar-refractivity contribution in [3.8, 4) is 11.8 Å². The van der Waals surface area contributed by atoms with Crippen LogP contribution in [0.25, 0.3) is 0 Å². The summed E-state index contributed by atoms with van der Waals surface area (Å²) in [6.45, 7) is 4.53. The molecule has 3 rings (SSSR count). The highest BCUT2D eigenvalue weighted by Gasteiger charge is 2.28. The van der Waals surface area contributed by atoms with Gasteiger partial charge in [0.1, 0.15) is 12.4 Å². The number of methoxy groups -OCH3 is 1. The molecule has 1 saturated heterocycles. The number of anilines is 1. The summed E-state index contributed by atoms with van der Waals surface area (Å²) in [5.41, 5.74) is 0. The van der Waals surface area contributed by atoms with Crippen LogP contribution >= 0.6 is 11.3 Å². The van der Waals surface area contributed by atoms with E-state index in [0.29, 0.717) is 29.7 Å². The summed E-state index contributed by atoms with van der Waals surface area (Å²) in [4.78, 5) is 25.6. The number of nitrogens with one attached hydrogen (secondary N) is 1. The lowest BCUT2D eigenvalue weighted by molar-refractivity contribution is -0.114. The molecule has 1 fully saturated rings. The maximum Gasteiger partial charge on any atom is 0.230 e. The summed E-state index contributed by atoms with van der Waals surface area (Å²) < 4.78 is 25.2. The molecule has 0 radical (unpaired) electrons. The van der Waals surface area contributed by atoms with Crippen molar-refractivity contribution in [1.29, 1.82) is 0 Å². The predicted molar refractivity (Wildman–Crippen MR) is 98.5 cm³/mol. The van der Waals surface area contributed by atoms with Gasteiger partial charge >= 0.3 is 0 Å². The third-order valence-corrected chi connectivity index (χ3v) is 5.29. The first-order chi connectivity index (χ1) is 12.9. The van der Waals surface area contributed by atoms with E-state index < -0.39 is 5.95 Å². The topological polar surface area (TPSA) is 89.5 Å². The Morgan fingerprint density at radius 2 is 2.19 bits per heavy atom. The van der Waals surface area contributed by atoms with Gasteiger partial charge in [0, 0.05) is 26.1 Å². The molecule has 0 spiro atoms. The second kappa shape index (κ2) is 8.57. The number of rotatable bonds is 6. The number of carbonyl (C=O) groups excluding carboxylic acids is 1. The number of halogens is 1. The number of ether oxygens (including phenoxy) is 2. The van der Waals surface area contributed by atoms with Crippen molar-refractivity contribution in [3.63, 3.8) is 0 Å². The number of nitrogens with zero attached hydrogens (tertiary/aromatic N) is 4. The fourth-order valence-corrected chi connectivity index (χ4v) is 3.86. The molecule has 27 heavy (non-hydrogen) atoms. The van der Waals surface area contributed by atoms with Gasteiger partial charge < -0.3 is 14.8 Å². The van der Waals surface area contributed by atoms with Crippen LogP contribution in [0.15, 0.2) is 12.4 Å². The number of aromatic nitrogens is 3. The molecule has 1 amide bonds. The van der Waals surface area contributed by atoms with Crippen LogP contribution in [0.3, 0.4) is 0 Å². The van der Waals surface area contributed by atoms with E-state index in [1.807, 2.05) is 0 Å². The fourth-order valence-electron chi connectivity index (χ4n) is 2.95. The molecule has 1 aliphatic rings. The third-order valence-electron chi connectivity index (χ3n) is 4.36. The monoisotopic (exact) mass is 395 g/mol. The zero-order valence-electron chi connectivity index (χ0n) is 15.4. The van der Waals surface area contributed by atoms with Gasteiger partial charge in [0.2, 0.25) is 23.6 Å². The Balaban J connectivity index is 1.65. The Labute approximate surface area is 160 Å². The molecule has 1 N–H and O–H groups in total. The molecule has 10 heteroatoms. The van der Waals surface area contributed by atoms with Gasteiger partial charge in [-0.3, -0.25) is 9.69 Å². The van der Waals surface area contributed by atoms with Gasteiger partial charge in [0.15, 0.2) is 5.13 Å². The molecular formula is C17H22FN5O3S. The van der Waals surface area contributed by atoms with Crippen molar-refractivity contribution in [2.24, 2.45) is 0 Å². The first-order valence-electron chi connectivity index (χ1n) is 8.64. The quantitative estimate of drug-likeness (QED) is 0.804. The zero-order chi connectivity index (χ0) is 19.4. The number of thiazole rings is 1. The van der Waals surface area contributed by atoms with Gasteiger partial charge in [-0.05, 0) is 19.8 Å². The Kier molecular flexibility index (Phi) is 6.17. The second-order valence-corrected chi connectivity index (χ2v) is 7.49. The highest BCUT2D eigenvalue weighted by atomic mass is 32.1. The minimum atomic E-state index is -0.542. The average Bonchev–Trinajstić information content (AvgIpc) is 2.96. The molecule has 3 heterocycles. The second-order valence-electron chi connectivity index (χ2n) is 6.41. The minimum absolute atomic E-state index is 0.0633. The first kappa shape index (κ1) is 19.4. The minimum Gasteiger partial charge on any atom is -0.481 e. The van der Waals surface area contributed by atoms with E-state index in [2.05, 4.69) is 32.1 Å². The van der Waals surface area contributed by atoms with E-state index in [9.17, 15) is 9.18 Å². The molecule has 2 aromatic heterocycles. The van der Waals surface area contributed by atoms with E-state index >= 15 is 0 Å². The van der Waals surface area contributed by atoms with Crippen molar-refractivity contribution >= 4 is 22.4 Å². The molecule has 1 aliphatic heterocycles. The average molecular weight is 395 g/mol. The molecule has 2 atom stereocenters. The molecule has 2 aromatic rings. The largest absolute Gasteiger partial charge is 0.481 e. The Morgan fingerprint density at radius 3 is 2.93 bits per heavy atom. The van der Waals surface area contributed by atoms with Crippen LogP contribution < -0.4 is 14.8 Å². The van der Waals surface area contributed by atoms with Crippen LogP contribution in [0.2, 0.25) is 0 Å². The van der Waals surface area contributed by atoms with Gasteiger partial charge in [-0.15, -0.1) is 0 Å². The maximum absolute atomic E-state index is 14.1. The number of hydrogen-bond acceptors (Lipinski definition) is 8. The zero-order valence-corrected chi connectivity index (χ0v) is 16.3. The van der Waals surface area contributed by atoms with Crippen LogP contribution in [-0.4, -0.2) is 51.6 Å². The number of likely N-dealkylation sites (tertiary alicyclic amines) is 1. The van der Waals surface area contributed by atoms with Gasteiger partial charge in [-0.25, -0.2) is 9.97 Å². The number of amides is 1. The molecule has 0 unspecified atom stereocenters. The SMILES string of the molecule is COc1cc(O[C@H]2CC[C@H](C)N(Cc3sc(NC(C)=O)nc3F)C2)ncn1. The van der Waals surface area contributed by atoms with Crippen molar-refractivity contribution in [2.75, 3.05) is 19.0 Å². The van der Waals surface area contributed by atoms with Crippen molar-refractivity contribution < 1.29 is 18.7 Å². The number of hydrogen-bond donors (Lipinski definition) is 1. The van der Waals surface area contributed by atoms with Crippen LogP contribution in [0.4, 0.5) is 9.52 Å². The first-order valence-corrected chi connectivity index (χ1v) is 9.45. The van der Waals surface area contributed by atoms with Crippen LogP contribution in [0.1, 0.15) is 31.6 Å². The van der Waals surface area contributed by atoms with Crippen LogP contribution in [0, 0.1) is 5.95 Å². The third kappa shape index (κ3) is 5.10. The summed E-state index contributed by atoms with van der Waals surface area (Å²) in [6.07, 6.45) is 3.14. The standard InChI is InChI=1S/C17H22FN5O3S/c1-10-4-5-12(26-15-6-14(25-3)19-9-20-15)7-23(10)8-13-16(18)22-17(27-13)21-11(2)24/h6,9-10,12H,4-5,7-8H2,1-3H3,(H,21,22,24)/t10-,12-/m0/s1. The lowest BCUT2D eigenvalue weighted by Crippen LogP contribution is -2.45. The van der Waals surface area contributed by atoms with Crippen molar-refractivity contribution in [2.45, 2.75) is 45.4 Å². The maximum atomic E-state index is 14.1. The highest BCUT2D eigenvalue weighted by Crippen LogP contribution is 2.28. The Hall–Kier alpha value is -2.33. The highest BCUT2D eigenvalue weighted by molar-refractivity contribution is 7.15. The lowest BCUT2D eigenvalue weighted by Gasteiger charge is -2.37. The summed E-state index contributed by atoms with van der Waals surface area (Å²) >= 11 is 1.16. The molecule has 0 saturated carbocycles. The summed E-state index contributed by atoms with van der Waals surface area (Å²) in [5.74, 6) is 0.0893. The molecule has 0 aliphatic carbocycles. The Bertz CT molecular complexity index is 803. The van der Waals surface area contributed by atoms with E-state index in [1.54, 1.807) is 6.07 Å². The van der Waals surface area contributed by atoms with E-state index in [0.717, 1.165) is 24.2 Å². The molecule has 8 nitrogen and oxygen atoms in total. The van der Waals surface area contributed by atoms with Crippen LogP contribution in [0.5, 0.6) is 11.8 Å². The van der Waals surface area contributed by atoms with Crippen molar-refractivity contribution in [3.05, 3.63) is 23.2 Å². The van der Waals surface area contributed by atoms with E-state index in [-0.39, 0.29) is 23.2 Å². The van der Waals surface area contributed by atoms with Gasteiger partial charge in [0.05, 0.1) is 18.1 Å².